The molecule has 0 aromatic carbocycles. The van der Waals surface area contributed by atoms with Crippen molar-refractivity contribution in [1.82, 2.24) is 0 Å². The topological polar surface area (TPSA) is 26.0 Å². The van der Waals surface area contributed by atoms with Crippen LogP contribution in [0.4, 0.5) is 0 Å². The summed E-state index contributed by atoms with van der Waals surface area (Å²) in [6, 6.07) is 0. The van der Waals surface area contributed by atoms with Gasteiger partial charge in [-0.25, -0.2) is 0 Å². The third-order valence-electron chi connectivity index (χ3n) is 1.69. The third kappa shape index (κ3) is 3.17. The summed E-state index contributed by atoms with van der Waals surface area (Å²) in [7, 11) is 0. The fourth-order valence-corrected chi connectivity index (χ4v) is 0.972. The average Bonchev–Trinajstić information content (AvgIpc) is 1.82. The van der Waals surface area contributed by atoms with E-state index in [1.54, 1.807) is 6.20 Å². The number of nitrogens with two attached hydrogens (primary N) is 1. The van der Waals surface area contributed by atoms with Crippen molar-refractivity contribution < 1.29 is 0 Å². The first-order chi connectivity index (χ1) is 4.22. The van der Waals surface area contributed by atoms with Crippen molar-refractivity contribution in [2.75, 3.05) is 0 Å². The highest BCUT2D eigenvalue weighted by Crippen LogP contribution is 2.14. The molecular formula is C8H17N. The van der Waals surface area contributed by atoms with Crippen LogP contribution in [-0.4, -0.2) is 0 Å². The lowest BCUT2D eigenvalue weighted by Gasteiger charge is -2.12. The molecule has 54 valence electrons. The average molecular weight is 127 g/mol. The molecule has 0 aromatic heterocycles. The first-order valence-corrected chi connectivity index (χ1v) is 3.60. The number of hydrogen-bond acceptors (Lipinski definition) is 1. The highest BCUT2D eigenvalue weighted by Gasteiger charge is 2.04. The molecule has 1 heteroatoms. The van der Waals surface area contributed by atoms with Gasteiger partial charge in [0, 0.05) is 0 Å². The molecule has 1 nitrogen and oxygen atoms in total. The summed E-state index contributed by atoms with van der Waals surface area (Å²) in [5, 5.41) is 0. The predicted octanol–water partition coefficient (Wildman–Crippen LogP) is 2.14. The van der Waals surface area contributed by atoms with Crippen LogP contribution in [0.25, 0.3) is 0 Å². The van der Waals surface area contributed by atoms with Gasteiger partial charge in [0.1, 0.15) is 0 Å². The van der Waals surface area contributed by atoms with Gasteiger partial charge in [0.25, 0.3) is 0 Å². The molecule has 1 unspecified atom stereocenters. The van der Waals surface area contributed by atoms with Gasteiger partial charge in [0.2, 0.25) is 0 Å². The SMILES string of the molecule is CCC(/C=C\N)C(C)C. The van der Waals surface area contributed by atoms with E-state index >= 15 is 0 Å². The molecule has 0 bridgehead atoms. The molecule has 0 rings (SSSR count). The maximum absolute atomic E-state index is 5.26. The van der Waals surface area contributed by atoms with E-state index in [0.717, 1.165) is 5.92 Å². The number of allylic oxidation sites excluding steroid dienone is 1. The minimum atomic E-state index is 0.662. The molecule has 0 heterocycles. The van der Waals surface area contributed by atoms with E-state index in [1.165, 1.54) is 6.42 Å². The molecule has 0 amide bonds. The lowest BCUT2D eigenvalue weighted by Crippen LogP contribution is -2.04. The molecule has 0 aliphatic rings. The smallest absolute Gasteiger partial charge is 0.0100 e. The van der Waals surface area contributed by atoms with Crippen LogP contribution in [0.15, 0.2) is 12.3 Å². The Morgan fingerprint density at radius 1 is 1.44 bits per heavy atom. The Bertz CT molecular complexity index is 84.6. The Balaban J connectivity index is 3.68. The van der Waals surface area contributed by atoms with Gasteiger partial charge in [-0.15, -0.1) is 0 Å². The largest absolute Gasteiger partial charge is 0.405 e. The molecule has 0 saturated heterocycles. The molecule has 0 spiro atoms. The van der Waals surface area contributed by atoms with Gasteiger partial charge in [0.15, 0.2) is 0 Å². The quantitative estimate of drug-likeness (QED) is 0.617. The minimum absolute atomic E-state index is 0.662. The van der Waals surface area contributed by atoms with E-state index in [4.69, 9.17) is 5.73 Å². The van der Waals surface area contributed by atoms with E-state index in [9.17, 15) is 0 Å². The fraction of sp³-hybridized carbons (Fsp3) is 0.750. The number of hydrogen-bond donors (Lipinski definition) is 1. The Hall–Kier alpha value is -0.460. The van der Waals surface area contributed by atoms with Crippen molar-refractivity contribution >= 4 is 0 Å². The molecule has 1 atom stereocenters. The second kappa shape index (κ2) is 4.42. The second-order valence-electron chi connectivity index (χ2n) is 2.70. The normalized spacial score (nSPS) is 15.1. The standard InChI is InChI=1S/C8H17N/c1-4-8(5-6-9)7(2)3/h5-8H,4,9H2,1-3H3/b6-5-. The Labute approximate surface area is 57.9 Å². The van der Waals surface area contributed by atoms with Crippen LogP contribution in [0.2, 0.25) is 0 Å². The van der Waals surface area contributed by atoms with E-state index in [-0.39, 0.29) is 0 Å². The molecule has 0 aliphatic carbocycles. The molecule has 0 aliphatic heterocycles. The van der Waals surface area contributed by atoms with Crippen molar-refractivity contribution in [2.24, 2.45) is 17.6 Å². The summed E-state index contributed by atoms with van der Waals surface area (Å²) < 4.78 is 0. The summed E-state index contributed by atoms with van der Waals surface area (Å²) in [4.78, 5) is 0. The summed E-state index contributed by atoms with van der Waals surface area (Å²) in [6.07, 6.45) is 4.91. The lowest BCUT2D eigenvalue weighted by molar-refractivity contribution is 0.452. The monoisotopic (exact) mass is 127 g/mol. The number of rotatable bonds is 3. The van der Waals surface area contributed by atoms with Crippen LogP contribution in [0.5, 0.6) is 0 Å². The molecule has 9 heavy (non-hydrogen) atoms. The third-order valence-corrected chi connectivity index (χ3v) is 1.69. The van der Waals surface area contributed by atoms with Crippen molar-refractivity contribution in [2.45, 2.75) is 27.2 Å². The van der Waals surface area contributed by atoms with Gasteiger partial charge in [-0.1, -0.05) is 26.8 Å². The van der Waals surface area contributed by atoms with Gasteiger partial charge < -0.3 is 5.73 Å². The zero-order chi connectivity index (χ0) is 7.28. The van der Waals surface area contributed by atoms with Crippen LogP contribution >= 0.6 is 0 Å². The lowest BCUT2D eigenvalue weighted by atomic mass is 9.93. The van der Waals surface area contributed by atoms with Crippen molar-refractivity contribution in [1.29, 1.82) is 0 Å². The van der Waals surface area contributed by atoms with Crippen LogP contribution in [-0.2, 0) is 0 Å². The van der Waals surface area contributed by atoms with Crippen molar-refractivity contribution in [3.63, 3.8) is 0 Å². The zero-order valence-electron chi connectivity index (χ0n) is 6.59. The zero-order valence-corrected chi connectivity index (χ0v) is 6.59. The Morgan fingerprint density at radius 3 is 2.11 bits per heavy atom. The van der Waals surface area contributed by atoms with E-state index in [1.807, 2.05) is 0 Å². The first kappa shape index (κ1) is 8.54. The van der Waals surface area contributed by atoms with Crippen LogP contribution in [0.1, 0.15) is 27.2 Å². The van der Waals surface area contributed by atoms with Gasteiger partial charge in [-0.3, -0.25) is 0 Å². The first-order valence-electron chi connectivity index (χ1n) is 3.60. The fourth-order valence-electron chi connectivity index (χ4n) is 0.972. The highest BCUT2D eigenvalue weighted by atomic mass is 14.5. The van der Waals surface area contributed by atoms with Crippen molar-refractivity contribution in [3.05, 3.63) is 12.3 Å². The van der Waals surface area contributed by atoms with Gasteiger partial charge in [-0.05, 0) is 24.5 Å². The molecular weight excluding hydrogens is 110 g/mol. The molecule has 0 fully saturated rings. The Kier molecular flexibility index (Phi) is 4.20. The summed E-state index contributed by atoms with van der Waals surface area (Å²) >= 11 is 0. The molecule has 2 N–H and O–H groups in total. The molecule has 0 aromatic rings. The van der Waals surface area contributed by atoms with Gasteiger partial charge >= 0.3 is 0 Å². The Morgan fingerprint density at radius 2 is 2.00 bits per heavy atom. The summed E-state index contributed by atoms with van der Waals surface area (Å²) in [5.41, 5.74) is 5.26. The van der Waals surface area contributed by atoms with Gasteiger partial charge in [0.05, 0.1) is 0 Å². The molecule has 0 radical (unpaired) electrons. The highest BCUT2D eigenvalue weighted by molar-refractivity contribution is 4.85. The van der Waals surface area contributed by atoms with Crippen molar-refractivity contribution in [3.8, 4) is 0 Å². The van der Waals surface area contributed by atoms with Gasteiger partial charge in [-0.2, -0.15) is 0 Å². The maximum atomic E-state index is 5.26. The van der Waals surface area contributed by atoms with Crippen LogP contribution in [0, 0.1) is 11.8 Å². The van der Waals surface area contributed by atoms with E-state index < -0.39 is 0 Å². The minimum Gasteiger partial charge on any atom is -0.405 e. The molecule has 0 saturated carbocycles. The summed E-state index contributed by atoms with van der Waals surface area (Å²) in [6.45, 7) is 6.62. The van der Waals surface area contributed by atoms with E-state index in [0.29, 0.717) is 5.92 Å². The maximum Gasteiger partial charge on any atom is -0.0100 e. The second-order valence-corrected chi connectivity index (χ2v) is 2.70. The van der Waals surface area contributed by atoms with E-state index in [2.05, 4.69) is 26.8 Å². The van der Waals surface area contributed by atoms with Crippen LogP contribution in [0.3, 0.4) is 0 Å². The predicted molar refractivity (Wildman–Crippen MR) is 41.9 cm³/mol. The van der Waals surface area contributed by atoms with Crippen LogP contribution < -0.4 is 5.73 Å². The summed E-state index contributed by atoms with van der Waals surface area (Å²) in [5.74, 6) is 1.38.